The van der Waals surface area contributed by atoms with Crippen LogP contribution in [-0.2, 0) is 0 Å². The molecule has 17 heavy (non-hydrogen) atoms. The number of halogens is 2. The first-order valence-corrected chi connectivity index (χ1v) is 5.29. The SMILES string of the molecule is CC(C)COc1nc(OCC(F)F)ccc1N. The Labute approximate surface area is 98.7 Å². The van der Waals surface area contributed by atoms with E-state index in [9.17, 15) is 8.78 Å². The molecule has 0 radical (unpaired) electrons. The van der Waals surface area contributed by atoms with Gasteiger partial charge in [0.2, 0.25) is 11.8 Å². The molecule has 1 heterocycles. The molecule has 0 aliphatic heterocycles. The second kappa shape index (κ2) is 6.22. The van der Waals surface area contributed by atoms with Crippen molar-refractivity contribution in [2.24, 2.45) is 5.92 Å². The molecule has 1 aromatic heterocycles. The van der Waals surface area contributed by atoms with Crippen LogP contribution < -0.4 is 15.2 Å². The van der Waals surface area contributed by atoms with Crippen molar-refractivity contribution in [1.29, 1.82) is 0 Å². The first-order chi connectivity index (χ1) is 7.99. The van der Waals surface area contributed by atoms with E-state index in [0.717, 1.165) is 0 Å². The minimum atomic E-state index is -2.53. The zero-order valence-electron chi connectivity index (χ0n) is 9.82. The molecule has 0 atom stereocenters. The molecule has 2 N–H and O–H groups in total. The Bertz CT molecular complexity index is 359. The molecule has 0 unspecified atom stereocenters. The van der Waals surface area contributed by atoms with Gasteiger partial charge in [0.1, 0.15) is 0 Å². The minimum Gasteiger partial charge on any atom is -0.476 e. The summed E-state index contributed by atoms with van der Waals surface area (Å²) in [6, 6.07) is 2.95. The highest BCUT2D eigenvalue weighted by Crippen LogP contribution is 2.22. The van der Waals surface area contributed by atoms with Gasteiger partial charge in [-0.1, -0.05) is 13.8 Å². The van der Waals surface area contributed by atoms with Gasteiger partial charge in [-0.3, -0.25) is 0 Å². The number of pyridine rings is 1. The van der Waals surface area contributed by atoms with Crippen LogP contribution >= 0.6 is 0 Å². The standard InChI is InChI=1S/C11H16F2N2O2/c1-7(2)5-17-11-8(14)3-4-10(15-11)16-6-9(12)13/h3-4,7,9H,5-6,14H2,1-2H3. The maximum Gasteiger partial charge on any atom is 0.272 e. The van der Waals surface area contributed by atoms with Gasteiger partial charge < -0.3 is 15.2 Å². The number of alkyl halides is 2. The van der Waals surface area contributed by atoms with Gasteiger partial charge in [-0.2, -0.15) is 4.98 Å². The van der Waals surface area contributed by atoms with Crippen LogP contribution in [0, 0.1) is 5.92 Å². The van der Waals surface area contributed by atoms with Gasteiger partial charge in [-0.15, -0.1) is 0 Å². The number of nitrogens with zero attached hydrogens (tertiary/aromatic N) is 1. The van der Waals surface area contributed by atoms with E-state index < -0.39 is 13.0 Å². The van der Waals surface area contributed by atoms with E-state index in [1.165, 1.54) is 12.1 Å². The van der Waals surface area contributed by atoms with Crippen LogP contribution in [0.3, 0.4) is 0 Å². The van der Waals surface area contributed by atoms with Crippen LogP contribution in [0.1, 0.15) is 13.8 Å². The molecule has 0 amide bonds. The lowest BCUT2D eigenvalue weighted by Crippen LogP contribution is -2.10. The van der Waals surface area contributed by atoms with Gasteiger partial charge in [0.15, 0.2) is 6.61 Å². The van der Waals surface area contributed by atoms with Crippen LogP contribution in [0.25, 0.3) is 0 Å². The molecule has 0 fully saturated rings. The van der Waals surface area contributed by atoms with Gasteiger partial charge in [0.05, 0.1) is 12.3 Å². The summed E-state index contributed by atoms with van der Waals surface area (Å²) in [5.41, 5.74) is 6.00. The number of ether oxygens (including phenoxy) is 2. The average molecular weight is 246 g/mol. The maximum absolute atomic E-state index is 11.9. The van der Waals surface area contributed by atoms with E-state index in [1.54, 1.807) is 0 Å². The van der Waals surface area contributed by atoms with Crippen molar-refractivity contribution < 1.29 is 18.3 Å². The Morgan fingerprint density at radius 2 is 1.94 bits per heavy atom. The number of hydrogen-bond acceptors (Lipinski definition) is 4. The molecule has 1 rings (SSSR count). The van der Waals surface area contributed by atoms with E-state index in [1.807, 2.05) is 13.8 Å². The van der Waals surface area contributed by atoms with Crippen LogP contribution in [0.5, 0.6) is 11.8 Å². The molecule has 0 saturated carbocycles. The van der Waals surface area contributed by atoms with Gasteiger partial charge >= 0.3 is 0 Å². The molecule has 1 aromatic rings. The third-order valence-corrected chi connectivity index (χ3v) is 1.77. The summed E-state index contributed by atoms with van der Waals surface area (Å²) in [4.78, 5) is 3.91. The van der Waals surface area contributed by atoms with Gasteiger partial charge in [-0.05, 0) is 12.0 Å². The summed E-state index contributed by atoms with van der Waals surface area (Å²) in [5, 5.41) is 0. The Morgan fingerprint density at radius 3 is 2.53 bits per heavy atom. The van der Waals surface area contributed by atoms with Crippen molar-refractivity contribution in [3.63, 3.8) is 0 Å². The van der Waals surface area contributed by atoms with Crippen molar-refractivity contribution in [3.8, 4) is 11.8 Å². The molecule has 4 nitrogen and oxygen atoms in total. The third kappa shape index (κ3) is 4.84. The summed E-state index contributed by atoms with van der Waals surface area (Å²) >= 11 is 0. The van der Waals surface area contributed by atoms with Crippen molar-refractivity contribution >= 4 is 5.69 Å². The van der Waals surface area contributed by atoms with Crippen LogP contribution in [0.2, 0.25) is 0 Å². The first-order valence-electron chi connectivity index (χ1n) is 5.29. The number of anilines is 1. The summed E-state index contributed by atoms with van der Waals surface area (Å²) in [5.74, 6) is 0.616. The van der Waals surface area contributed by atoms with E-state index in [-0.39, 0.29) is 11.8 Å². The fourth-order valence-corrected chi connectivity index (χ4v) is 1.02. The van der Waals surface area contributed by atoms with E-state index >= 15 is 0 Å². The average Bonchev–Trinajstić information content (AvgIpc) is 2.26. The van der Waals surface area contributed by atoms with Crippen molar-refractivity contribution in [1.82, 2.24) is 4.98 Å². The molecule has 0 aliphatic rings. The molecule has 96 valence electrons. The second-order valence-electron chi connectivity index (χ2n) is 3.95. The lowest BCUT2D eigenvalue weighted by atomic mass is 10.2. The fraction of sp³-hybridized carbons (Fsp3) is 0.545. The van der Waals surface area contributed by atoms with Gasteiger partial charge in [-0.25, -0.2) is 8.78 Å². The largest absolute Gasteiger partial charge is 0.476 e. The Balaban J connectivity index is 2.65. The van der Waals surface area contributed by atoms with E-state index in [0.29, 0.717) is 18.2 Å². The molecule has 6 heteroatoms. The van der Waals surface area contributed by atoms with Crippen LogP contribution in [0.15, 0.2) is 12.1 Å². The molecule has 0 aromatic carbocycles. The molecule has 0 spiro atoms. The van der Waals surface area contributed by atoms with Crippen molar-refractivity contribution in [3.05, 3.63) is 12.1 Å². The molecule has 0 saturated heterocycles. The summed E-state index contributed by atoms with van der Waals surface area (Å²) in [7, 11) is 0. The highest BCUT2D eigenvalue weighted by atomic mass is 19.3. The van der Waals surface area contributed by atoms with E-state index in [4.69, 9.17) is 15.2 Å². The smallest absolute Gasteiger partial charge is 0.272 e. The fourth-order valence-electron chi connectivity index (χ4n) is 1.02. The molecule has 0 aliphatic carbocycles. The van der Waals surface area contributed by atoms with Gasteiger partial charge in [0.25, 0.3) is 6.43 Å². The Hall–Kier alpha value is -1.59. The monoisotopic (exact) mass is 246 g/mol. The number of nitrogen functional groups attached to an aromatic ring is 1. The summed E-state index contributed by atoms with van der Waals surface area (Å²) in [6.07, 6.45) is -2.53. The Kier molecular flexibility index (Phi) is 4.93. The summed E-state index contributed by atoms with van der Waals surface area (Å²) < 4.78 is 34.0. The lowest BCUT2D eigenvalue weighted by Gasteiger charge is -2.11. The van der Waals surface area contributed by atoms with Crippen LogP contribution in [-0.4, -0.2) is 24.6 Å². The number of nitrogens with two attached hydrogens (primary N) is 1. The zero-order chi connectivity index (χ0) is 12.8. The summed E-state index contributed by atoms with van der Waals surface area (Å²) in [6.45, 7) is 3.72. The van der Waals surface area contributed by atoms with Crippen LogP contribution in [0.4, 0.5) is 14.5 Å². The predicted molar refractivity (Wildman–Crippen MR) is 60.5 cm³/mol. The highest BCUT2D eigenvalue weighted by molar-refractivity contribution is 5.49. The quantitative estimate of drug-likeness (QED) is 0.837. The third-order valence-electron chi connectivity index (χ3n) is 1.77. The number of rotatable bonds is 6. The predicted octanol–water partition coefficient (Wildman–Crippen LogP) is 2.34. The molecule has 0 bridgehead atoms. The molecular weight excluding hydrogens is 230 g/mol. The maximum atomic E-state index is 11.9. The topological polar surface area (TPSA) is 57.4 Å². The number of hydrogen-bond donors (Lipinski definition) is 1. The van der Waals surface area contributed by atoms with E-state index in [2.05, 4.69) is 4.98 Å². The lowest BCUT2D eigenvalue weighted by molar-refractivity contribution is 0.0791. The molecular formula is C11H16F2N2O2. The number of aromatic nitrogens is 1. The van der Waals surface area contributed by atoms with Crippen molar-refractivity contribution in [2.45, 2.75) is 20.3 Å². The van der Waals surface area contributed by atoms with Crippen molar-refractivity contribution in [2.75, 3.05) is 18.9 Å². The first kappa shape index (κ1) is 13.5. The zero-order valence-corrected chi connectivity index (χ0v) is 9.82. The van der Waals surface area contributed by atoms with Gasteiger partial charge in [0, 0.05) is 6.07 Å². The second-order valence-corrected chi connectivity index (χ2v) is 3.95. The normalized spacial score (nSPS) is 10.9. The minimum absolute atomic E-state index is 0.0817. The Morgan fingerprint density at radius 1 is 1.24 bits per heavy atom. The highest BCUT2D eigenvalue weighted by Gasteiger charge is 2.08.